The molecule has 0 spiro atoms. The smallest absolute Gasteiger partial charge is 0.411 e. The quantitative estimate of drug-likeness (QED) is 0.489. The zero-order chi connectivity index (χ0) is 25.1. The average molecular weight is 475 g/mol. The Morgan fingerprint density at radius 1 is 1.42 bits per heavy atom. The maximum Gasteiger partial charge on any atom is 0.411 e. The van der Waals surface area contributed by atoms with Gasteiger partial charge in [0.1, 0.15) is 16.9 Å². The van der Waals surface area contributed by atoms with Crippen molar-refractivity contribution in [1.29, 1.82) is 0 Å². The van der Waals surface area contributed by atoms with Gasteiger partial charge in [0.05, 0.1) is 27.7 Å². The first-order valence-electron chi connectivity index (χ1n) is 11.3. The summed E-state index contributed by atoms with van der Waals surface area (Å²) in [6, 6.07) is -0.322. The third-order valence-electron chi connectivity index (χ3n) is 5.56. The van der Waals surface area contributed by atoms with Crippen LogP contribution in [0.25, 0.3) is 10.9 Å². The van der Waals surface area contributed by atoms with Crippen molar-refractivity contribution in [1.82, 2.24) is 19.9 Å². The third-order valence-corrected chi connectivity index (χ3v) is 5.99. The minimum atomic E-state index is -2.65. The number of hydrogen-bond acceptors (Lipinski definition) is 7. The lowest BCUT2D eigenvalue weighted by atomic mass is 9.96. The molecule has 2 aliphatic rings. The molecule has 4 rings (SSSR count). The number of methoxy groups -OCH3 is 1. The van der Waals surface area contributed by atoms with Crippen LogP contribution in [0.5, 0.6) is 0 Å². The molecule has 2 atom stereocenters. The third kappa shape index (κ3) is 3.99. The number of carbonyl (C=O) groups is 1. The van der Waals surface area contributed by atoms with Crippen LogP contribution < -0.4 is 4.90 Å². The van der Waals surface area contributed by atoms with Crippen LogP contribution in [0.1, 0.15) is 37.7 Å². The summed E-state index contributed by atoms with van der Waals surface area (Å²) in [6.45, 7) is 5.53. The summed E-state index contributed by atoms with van der Waals surface area (Å²) in [6.07, 6.45) is 1.89. The fraction of sp³-hybridized carbons (Fsp3) is 0.600. The normalized spacial score (nSPS) is 25.4. The molecule has 31 heavy (non-hydrogen) atoms. The van der Waals surface area contributed by atoms with Crippen LogP contribution in [0.15, 0.2) is 6.20 Å². The molecular formula is C20H24Cl2FN5O3. The largest absolute Gasteiger partial charge is 0.444 e. The van der Waals surface area contributed by atoms with Crippen LogP contribution in [-0.4, -0.2) is 69.9 Å². The van der Waals surface area contributed by atoms with E-state index >= 15 is 0 Å². The van der Waals surface area contributed by atoms with Gasteiger partial charge in [-0.15, -0.1) is 0 Å². The molecule has 0 aliphatic carbocycles. The number of aromatic nitrogens is 3. The van der Waals surface area contributed by atoms with E-state index in [1.807, 2.05) is 4.90 Å². The van der Waals surface area contributed by atoms with Crippen molar-refractivity contribution >= 4 is 46.0 Å². The predicted octanol–water partition coefficient (Wildman–Crippen LogP) is 4.08. The number of hydrogen-bond donors (Lipinski definition) is 0. The Morgan fingerprint density at radius 2 is 2.19 bits per heavy atom. The minimum Gasteiger partial charge on any atom is -0.444 e. The van der Waals surface area contributed by atoms with E-state index in [9.17, 15) is 9.18 Å². The van der Waals surface area contributed by atoms with Crippen molar-refractivity contribution in [3.63, 3.8) is 0 Å². The zero-order valence-electron chi connectivity index (χ0n) is 20.3. The maximum absolute atomic E-state index is 14.6. The van der Waals surface area contributed by atoms with Crippen LogP contribution in [0, 0.1) is 5.82 Å². The molecule has 2 aromatic rings. The van der Waals surface area contributed by atoms with Crippen LogP contribution in [-0.2, 0) is 9.47 Å². The molecule has 4 heterocycles. The number of anilines is 1. The summed E-state index contributed by atoms with van der Waals surface area (Å²) < 4.78 is 48.0. The first-order valence-corrected chi connectivity index (χ1v) is 10.5. The van der Waals surface area contributed by atoms with E-state index in [1.165, 1.54) is 6.20 Å². The molecule has 8 nitrogen and oxygen atoms in total. The lowest BCUT2D eigenvalue weighted by molar-refractivity contribution is -0.0261. The van der Waals surface area contributed by atoms with E-state index in [4.69, 9.17) is 36.8 Å². The monoisotopic (exact) mass is 474 g/mol. The van der Waals surface area contributed by atoms with Crippen molar-refractivity contribution in [2.24, 2.45) is 0 Å². The highest BCUT2D eigenvalue weighted by Gasteiger charge is 2.55. The first-order chi connectivity index (χ1) is 15.7. The molecule has 2 unspecified atom stereocenters. The van der Waals surface area contributed by atoms with Gasteiger partial charge in [0, 0.05) is 26.3 Å². The Kier molecular flexibility index (Phi) is 4.72. The van der Waals surface area contributed by atoms with Gasteiger partial charge in [-0.2, -0.15) is 4.98 Å². The molecule has 0 N–H and O–H groups in total. The summed E-state index contributed by atoms with van der Waals surface area (Å²) in [5.41, 5.74) is -1.83. The number of ether oxygens (including phenoxy) is 2. The number of pyridine rings is 1. The van der Waals surface area contributed by atoms with Gasteiger partial charge in [-0.05, 0) is 45.2 Å². The molecule has 2 saturated heterocycles. The van der Waals surface area contributed by atoms with E-state index in [2.05, 4.69) is 15.0 Å². The van der Waals surface area contributed by atoms with Gasteiger partial charge in [-0.1, -0.05) is 11.6 Å². The number of amides is 1. The Morgan fingerprint density at radius 3 is 2.90 bits per heavy atom. The minimum absolute atomic E-state index is 0.0790. The topological polar surface area (TPSA) is 80.7 Å². The standard InChI is InChI=1S/C20H24Cl2FN5O3/c1-19(2,3)31-18(29)28-11-5-6-20(28,10-30-4)9-27(8-11)16-12-7-24-15(21)13(23)14(12)25-17(22)26-16/h7,11H,5-6,8-10H2,1-4H3/i4D3. The number of halogens is 3. The molecule has 0 aromatic carbocycles. The van der Waals surface area contributed by atoms with Crippen LogP contribution in [0.2, 0.25) is 10.4 Å². The number of nitrogens with zero attached hydrogens (tertiary/aromatic N) is 5. The number of piperazine rings is 1. The van der Waals surface area contributed by atoms with Crippen molar-refractivity contribution in [3.05, 3.63) is 22.5 Å². The Balaban J connectivity index is 1.75. The molecule has 1 amide bonds. The van der Waals surface area contributed by atoms with Crippen molar-refractivity contribution in [2.75, 3.05) is 31.6 Å². The first kappa shape index (κ1) is 18.6. The molecule has 0 radical (unpaired) electrons. The van der Waals surface area contributed by atoms with Gasteiger partial charge in [0.15, 0.2) is 11.0 Å². The maximum atomic E-state index is 14.6. The van der Waals surface area contributed by atoms with Gasteiger partial charge in [-0.3, -0.25) is 4.90 Å². The molecule has 168 valence electrons. The van der Waals surface area contributed by atoms with Gasteiger partial charge in [-0.25, -0.2) is 19.2 Å². The van der Waals surface area contributed by atoms with Crippen molar-refractivity contribution < 1.29 is 22.8 Å². The van der Waals surface area contributed by atoms with Crippen LogP contribution in [0.4, 0.5) is 15.0 Å². The van der Waals surface area contributed by atoms with Gasteiger partial charge in [0.2, 0.25) is 5.28 Å². The Hall–Kier alpha value is -1.97. The molecule has 11 heteroatoms. The second-order valence-electron chi connectivity index (χ2n) is 8.88. The number of fused-ring (bicyclic) bond motifs is 3. The number of carbonyl (C=O) groups excluding carboxylic acids is 1. The van der Waals surface area contributed by atoms with Gasteiger partial charge >= 0.3 is 6.09 Å². The lowest BCUT2D eigenvalue weighted by Crippen LogP contribution is -2.66. The predicted molar refractivity (Wildman–Crippen MR) is 115 cm³/mol. The molecule has 2 fully saturated rings. The van der Waals surface area contributed by atoms with E-state index in [-0.39, 0.29) is 35.1 Å². The van der Waals surface area contributed by atoms with Gasteiger partial charge in [0.25, 0.3) is 0 Å². The van der Waals surface area contributed by atoms with E-state index < -0.39 is 30.1 Å². The van der Waals surface area contributed by atoms with Crippen molar-refractivity contribution in [3.8, 4) is 0 Å². The summed E-state index contributed by atoms with van der Waals surface area (Å²) >= 11 is 11.9. The van der Waals surface area contributed by atoms with Gasteiger partial charge < -0.3 is 14.4 Å². The molecule has 0 saturated carbocycles. The average Bonchev–Trinajstić information content (AvgIpc) is 2.94. The summed E-state index contributed by atoms with van der Waals surface area (Å²) in [7, 11) is -2.65. The highest BCUT2D eigenvalue weighted by atomic mass is 35.5. The lowest BCUT2D eigenvalue weighted by Gasteiger charge is -2.49. The number of rotatable bonds is 3. The molecule has 2 aliphatic heterocycles. The second-order valence-corrected chi connectivity index (χ2v) is 9.57. The molecular weight excluding hydrogens is 448 g/mol. The molecule has 2 aromatic heterocycles. The Labute approximate surface area is 193 Å². The molecule has 2 bridgehead atoms. The highest BCUT2D eigenvalue weighted by molar-refractivity contribution is 6.30. The summed E-state index contributed by atoms with van der Waals surface area (Å²) in [5.74, 6) is -0.507. The van der Waals surface area contributed by atoms with Crippen molar-refractivity contribution in [2.45, 2.75) is 50.8 Å². The highest BCUT2D eigenvalue weighted by Crippen LogP contribution is 2.42. The van der Waals surface area contributed by atoms with E-state index in [1.54, 1.807) is 25.7 Å². The van der Waals surface area contributed by atoms with Crippen LogP contribution in [0.3, 0.4) is 0 Å². The van der Waals surface area contributed by atoms with E-state index in [0.29, 0.717) is 30.6 Å². The fourth-order valence-corrected chi connectivity index (χ4v) is 4.75. The SMILES string of the molecule is [2H]C([2H])([2H])OCC12CCC(CN(c3nc(Cl)nc4c(F)c(Cl)ncc34)C1)N2C(=O)OC(C)(C)C. The second kappa shape index (κ2) is 7.86. The van der Waals surface area contributed by atoms with Crippen LogP contribution >= 0.6 is 23.2 Å². The van der Waals surface area contributed by atoms with E-state index in [0.717, 1.165) is 0 Å². The summed E-state index contributed by atoms with van der Waals surface area (Å²) in [4.78, 5) is 28.7. The summed E-state index contributed by atoms with van der Waals surface area (Å²) in [5, 5.41) is -0.229. The Bertz CT molecular complexity index is 1130. The zero-order valence-corrected chi connectivity index (χ0v) is 18.8. The fourth-order valence-electron chi connectivity index (χ4n) is 4.45.